The predicted molar refractivity (Wildman–Crippen MR) is 69.5 cm³/mol. The largest absolute Gasteiger partial charge is 0.472 e. The molecule has 3 rings (SSSR count). The molecule has 1 fully saturated rings. The summed E-state index contributed by atoms with van der Waals surface area (Å²) in [6.07, 6.45) is -1.62. The van der Waals surface area contributed by atoms with Crippen molar-refractivity contribution >= 4 is 5.91 Å². The lowest BCUT2D eigenvalue weighted by molar-refractivity contribution is -0.182. The quantitative estimate of drug-likeness (QED) is 0.910. The number of halogens is 3. The Kier molecular flexibility index (Phi) is 3.84. The molecule has 2 atom stereocenters. The third-order valence-electron chi connectivity index (χ3n) is 3.79. The van der Waals surface area contributed by atoms with Gasteiger partial charge in [-0.3, -0.25) is 9.69 Å². The first kappa shape index (κ1) is 15.5. The number of amides is 1. The van der Waals surface area contributed by atoms with E-state index >= 15 is 0 Å². The maximum atomic E-state index is 13.0. The number of furan rings is 1. The van der Waals surface area contributed by atoms with Crippen LogP contribution in [0.3, 0.4) is 0 Å². The van der Waals surface area contributed by atoms with Crippen LogP contribution in [0, 0.1) is 11.8 Å². The van der Waals surface area contributed by atoms with Gasteiger partial charge in [0.1, 0.15) is 6.26 Å². The maximum Gasteiger partial charge on any atom is 0.393 e. The van der Waals surface area contributed by atoms with Crippen LogP contribution in [-0.4, -0.2) is 40.2 Å². The van der Waals surface area contributed by atoms with Gasteiger partial charge in [0.05, 0.1) is 30.2 Å². The fourth-order valence-electron chi connectivity index (χ4n) is 2.65. The molecular formula is C13H13F3N4O3. The summed E-state index contributed by atoms with van der Waals surface area (Å²) in [5.41, 5.74) is 5.68. The van der Waals surface area contributed by atoms with Crippen molar-refractivity contribution in [3.8, 4) is 11.4 Å². The van der Waals surface area contributed by atoms with Crippen LogP contribution >= 0.6 is 0 Å². The highest BCUT2D eigenvalue weighted by atomic mass is 19.4. The third kappa shape index (κ3) is 3.21. The van der Waals surface area contributed by atoms with Gasteiger partial charge in [0.15, 0.2) is 0 Å². The number of nitrogens with two attached hydrogens (primary N) is 1. The minimum absolute atomic E-state index is 0.0151. The zero-order chi connectivity index (χ0) is 16.6. The minimum atomic E-state index is -4.48. The Morgan fingerprint density at radius 2 is 2.22 bits per heavy atom. The van der Waals surface area contributed by atoms with Crippen molar-refractivity contribution in [3.63, 3.8) is 0 Å². The Hall–Kier alpha value is -2.36. The Morgan fingerprint density at radius 1 is 1.43 bits per heavy atom. The van der Waals surface area contributed by atoms with Crippen LogP contribution in [0.5, 0.6) is 0 Å². The molecule has 124 valence electrons. The van der Waals surface area contributed by atoms with Crippen molar-refractivity contribution in [3.05, 3.63) is 24.5 Å². The average molecular weight is 330 g/mol. The number of hydrogen-bond acceptors (Lipinski definition) is 6. The van der Waals surface area contributed by atoms with Crippen molar-refractivity contribution in [2.24, 2.45) is 17.6 Å². The van der Waals surface area contributed by atoms with E-state index < -0.39 is 23.9 Å². The summed E-state index contributed by atoms with van der Waals surface area (Å²) in [5, 5.41) is 3.74. The van der Waals surface area contributed by atoms with E-state index in [1.165, 1.54) is 17.4 Å². The highest BCUT2D eigenvalue weighted by Gasteiger charge is 2.51. The number of alkyl halides is 3. The first-order valence-electron chi connectivity index (χ1n) is 6.78. The molecule has 0 radical (unpaired) electrons. The molecule has 2 aromatic rings. The topological polar surface area (TPSA) is 98.4 Å². The lowest BCUT2D eigenvalue weighted by Gasteiger charge is -2.18. The van der Waals surface area contributed by atoms with Crippen molar-refractivity contribution in [1.82, 2.24) is 15.0 Å². The van der Waals surface area contributed by atoms with Gasteiger partial charge >= 0.3 is 6.18 Å². The zero-order valence-electron chi connectivity index (χ0n) is 11.8. The van der Waals surface area contributed by atoms with Crippen LogP contribution in [0.4, 0.5) is 13.2 Å². The normalized spacial score (nSPS) is 22.6. The summed E-state index contributed by atoms with van der Waals surface area (Å²) < 4.78 is 48.9. The van der Waals surface area contributed by atoms with E-state index in [4.69, 9.17) is 14.7 Å². The van der Waals surface area contributed by atoms with Gasteiger partial charge in [-0.05, 0) is 6.07 Å². The molecule has 1 aliphatic heterocycles. The van der Waals surface area contributed by atoms with Gasteiger partial charge in [-0.1, -0.05) is 5.16 Å². The minimum Gasteiger partial charge on any atom is -0.472 e. The number of carbonyl (C=O) groups is 1. The van der Waals surface area contributed by atoms with E-state index in [0.29, 0.717) is 5.56 Å². The molecule has 1 saturated heterocycles. The van der Waals surface area contributed by atoms with Crippen LogP contribution in [0.2, 0.25) is 0 Å². The van der Waals surface area contributed by atoms with Gasteiger partial charge < -0.3 is 14.7 Å². The van der Waals surface area contributed by atoms with E-state index in [9.17, 15) is 18.0 Å². The molecule has 0 bridgehead atoms. The van der Waals surface area contributed by atoms with Gasteiger partial charge in [-0.2, -0.15) is 18.2 Å². The second-order valence-electron chi connectivity index (χ2n) is 5.37. The fraction of sp³-hybridized carbons (Fsp3) is 0.462. The second-order valence-corrected chi connectivity index (χ2v) is 5.37. The summed E-state index contributed by atoms with van der Waals surface area (Å²) in [5.74, 6) is -3.57. The van der Waals surface area contributed by atoms with Crippen molar-refractivity contribution in [1.29, 1.82) is 0 Å². The average Bonchev–Trinajstić information content (AvgIpc) is 3.17. The molecule has 2 N–H and O–H groups in total. The lowest BCUT2D eigenvalue weighted by Crippen LogP contribution is -2.37. The van der Waals surface area contributed by atoms with E-state index in [1.54, 1.807) is 6.07 Å². The number of nitrogens with zero attached hydrogens (tertiary/aromatic N) is 3. The van der Waals surface area contributed by atoms with Crippen molar-refractivity contribution < 1.29 is 26.9 Å². The van der Waals surface area contributed by atoms with E-state index in [0.717, 1.165) is 0 Å². The molecule has 3 heterocycles. The Morgan fingerprint density at radius 3 is 2.78 bits per heavy atom. The summed E-state index contributed by atoms with van der Waals surface area (Å²) in [7, 11) is 0. The SMILES string of the molecule is NC(=O)[C@@H]1CN(Cc2nc(-c3ccoc3)no2)C[C@H]1C(F)(F)F. The van der Waals surface area contributed by atoms with Gasteiger partial charge in [-0.15, -0.1) is 0 Å². The molecule has 23 heavy (non-hydrogen) atoms. The number of rotatable bonds is 4. The van der Waals surface area contributed by atoms with Crippen molar-refractivity contribution in [2.75, 3.05) is 13.1 Å². The molecule has 2 aromatic heterocycles. The number of carbonyl (C=O) groups excluding carboxylic acids is 1. The first-order chi connectivity index (χ1) is 10.8. The molecule has 7 nitrogen and oxygen atoms in total. The molecule has 0 spiro atoms. The highest BCUT2D eigenvalue weighted by Crippen LogP contribution is 2.37. The third-order valence-corrected chi connectivity index (χ3v) is 3.79. The molecule has 0 aliphatic carbocycles. The monoisotopic (exact) mass is 330 g/mol. The van der Waals surface area contributed by atoms with Gasteiger partial charge in [0.25, 0.3) is 0 Å². The molecule has 0 unspecified atom stereocenters. The van der Waals surface area contributed by atoms with E-state index in [1.807, 2.05) is 0 Å². The Bertz CT molecular complexity index is 683. The van der Waals surface area contributed by atoms with E-state index in [-0.39, 0.29) is 31.3 Å². The lowest BCUT2D eigenvalue weighted by atomic mass is 9.95. The van der Waals surface area contributed by atoms with Crippen LogP contribution in [-0.2, 0) is 11.3 Å². The fourth-order valence-corrected chi connectivity index (χ4v) is 2.65. The number of primary amides is 1. The summed E-state index contributed by atoms with van der Waals surface area (Å²) in [6, 6.07) is 1.63. The molecule has 1 aliphatic rings. The number of aromatic nitrogens is 2. The molecular weight excluding hydrogens is 317 g/mol. The molecule has 1 amide bonds. The Labute approximate surface area is 128 Å². The summed E-state index contributed by atoms with van der Waals surface area (Å²) in [4.78, 5) is 16.8. The van der Waals surface area contributed by atoms with E-state index in [2.05, 4.69) is 10.1 Å². The van der Waals surface area contributed by atoms with Gasteiger partial charge in [-0.25, -0.2) is 0 Å². The standard InChI is InChI=1S/C13H13F3N4O3/c14-13(15,16)9-4-20(3-8(9)11(17)21)5-10-18-12(19-23-10)7-1-2-22-6-7/h1-2,6,8-9H,3-5H2,(H2,17,21)/t8-,9-/m1/s1. The van der Waals surface area contributed by atoms with Gasteiger partial charge in [0, 0.05) is 13.1 Å². The van der Waals surface area contributed by atoms with Crippen LogP contribution in [0.25, 0.3) is 11.4 Å². The zero-order valence-corrected chi connectivity index (χ0v) is 11.8. The van der Waals surface area contributed by atoms with Crippen molar-refractivity contribution in [2.45, 2.75) is 12.7 Å². The number of hydrogen-bond donors (Lipinski definition) is 1. The van der Waals surface area contributed by atoms with Crippen LogP contribution < -0.4 is 5.73 Å². The molecule has 0 saturated carbocycles. The Balaban J connectivity index is 1.70. The first-order valence-corrected chi connectivity index (χ1v) is 6.78. The summed E-state index contributed by atoms with van der Waals surface area (Å²) >= 11 is 0. The van der Waals surface area contributed by atoms with Crippen LogP contribution in [0.1, 0.15) is 5.89 Å². The van der Waals surface area contributed by atoms with Crippen LogP contribution in [0.15, 0.2) is 27.5 Å². The van der Waals surface area contributed by atoms with Gasteiger partial charge in [0.2, 0.25) is 17.6 Å². The maximum absolute atomic E-state index is 13.0. The predicted octanol–water partition coefficient (Wildman–Crippen LogP) is 1.43. The smallest absolute Gasteiger partial charge is 0.393 e. The molecule has 0 aromatic carbocycles. The summed E-state index contributed by atoms with van der Waals surface area (Å²) in [6.45, 7) is -0.412. The second kappa shape index (κ2) is 5.69. The number of likely N-dealkylation sites (tertiary alicyclic amines) is 1. The molecule has 10 heteroatoms. The highest BCUT2D eigenvalue weighted by molar-refractivity contribution is 5.77.